The normalized spacial score (nSPS) is 14.3. The molecule has 0 aromatic heterocycles. The van der Waals surface area contributed by atoms with Crippen LogP contribution in [0.1, 0.15) is 22.6 Å². The Morgan fingerprint density at radius 2 is 0.755 bits per heavy atom. The molecule has 224 valence electrons. The zero-order chi connectivity index (χ0) is 31.8. The molecule has 1 atom stereocenters. The summed E-state index contributed by atoms with van der Waals surface area (Å²) >= 11 is 0. The van der Waals surface area contributed by atoms with Crippen LogP contribution in [0.3, 0.4) is 0 Å². The quantitative estimate of drug-likeness (QED) is 0.134. The predicted octanol–water partition coefficient (Wildman–Crippen LogP) is 13.5. The van der Waals surface area contributed by atoms with Gasteiger partial charge in [0.2, 0.25) is 0 Å². The molecule has 1 aliphatic rings. The summed E-state index contributed by atoms with van der Waals surface area (Å²) in [4.78, 5) is 0. The van der Waals surface area contributed by atoms with Gasteiger partial charge in [-0.2, -0.15) is 0 Å². The van der Waals surface area contributed by atoms with Crippen LogP contribution in [0.2, 0.25) is 0 Å². The van der Waals surface area contributed by atoms with Gasteiger partial charge in [-0.05, 0) is 114 Å². The van der Waals surface area contributed by atoms with Crippen LogP contribution in [0, 0.1) is 0 Å². The van der Waals surface area contributed by atoms with Crippen LogP contribution >= 0.6 is 0 Å². The van der Waals surface area contributed by atoms with E-state index in [2.05, 4.69) is 164 Å². The summed E-state index contributed by atoms with van der Waals surface area (Å²) in [5.74, 6) is 0.109. The Labute approximate surface area is 283 Å². The van der Waals surface area contributed by atoms with Crippen molar-refractivity contribution in [2.75, 3.05) is 0 Å². The van der Waals surface area contributed by atoms with E-state index in [0.717, 1.165) is 0 Å². The Morgan fingerprint density at radius 3 is 1.55 bits per heavy atom. The molecular formula is C49H28. The van der Waals surface area contributed by atoms with E-state index < -0.39 is 0 Å². The fourth-order valence-electron chi connectivity index (χ4n) is 9.71. The molecule has 1 aliphatic carbocycles. The molecule has 0 aliphatic heterocycles. The van der Waals surface area contributed by atoms with Crippen LogP contribution in [0.25, 0.3) is 97.7 Å². The monoisotopic (exact) mass is 616 g/mol. The summed E-state index contributed by atoms with van der Waals surface area (Å²) in [5, 5.41) is 18.7. The SMILES string of the molecule is c1ccc2c(c1)-c1cccc(-c3ccc4ccc5cccc6ccc3c4c56)c1C2c1ccc2c3cccc4cccc(c5cccc1c52)c43. The zero-order valence-corrected chi connectivity index (χ0v) is 26.7. The van der Waals surface area contributed by atoms with Gasteiger partial charge in [0.15, 0.2) is 0 Å². The predicted molar refractivity (Wildman–Crippen MR) is 210 cm³/mol. The lowest BCUT2D eigenvalue weighted by Gasteiger charge is -2.23. The molecule has 0 nitrogen and oxygen atoms in total. The van der Waals surface area contributed by atoms with Crippen LogP contribution in [-0.4, -0.2) is 0 Å². The van der Waals surface area contributed by atoms with Gasteiger partial charge in [0.05, 0.1) is 0 Å². The Balaban J connectivity index is 1.19. The molecule has 11 aromatic rings. The van der Waals surface area contributed by atoms with Gasteiger partial charge in [-0.25, -0.2) is 0 Å². The minimum atomic E-state index is 0.109. The van der Waals surface area contributed by atoms with Crippen molar-refractivity contribution in [3.8, 4) is 22.3 Å². The van der Waals surface area contributed by atoms with Crippen LogP contribution in [0.5, 0.6) is 0 Å². The lowest BCUT2D eigenvalue weighted by molar-refractivity contribution is 1.03. The van der Waals surface area contributed by atoms with Gasteiger partial charge in [0.1, 0.15) is 0 Å². The fourth-order valence-corrected chi connectivity index (χ4v) is 9.71. The van der Waals surface area contributed by atoms with Gasteiger partial charge in [-0.15, -0.1) is 0 Å². The highest BCUT2D eigenvalue weighted by Gasteiger charge is 2.34. The van der Waals surface area contributed by atoms with Crippen molar-refractivity contribution >= 4 is 75.4 Å². The lowest BCUT2D eigenvalue weighted by atomic mass is 9.80. The largest absolute Gasteiger partial charge is 0.0619 e. The molecule has 0 heterocycles. The number of fused-ring (bicyclic) bond motifs is 5. The Bertz CT molecular complexity index is 3090. The highest BCUT2D eigenvalue weighted by Crippen LogP contribution is 2.54. The van der Waals surface area contributed by atoms with Gasteiger partial charge in [-0.3, -0.25) is 0 Å². The Hall–Kier alpha value is -6.24. The summed E-state index contributed by atoms with van der Waals surface area (Å²) in [5.41, 5.74) is 9.51. The molecule has 0 fully saturated rings. The van der Waals surface area contributed by atoms with E-state index in [1.807, 2.05) is 0 Å². The number of rotatable bonds is 2. The first-order chi connectivity index (χ1) is 24.3. The van der Waals surface area contributed by atoms with Crippen LogP contribution < -0.4 is 0 Å². The number of hydrogen-bond donors (Lipinski definition) is 0. The van der Waals surface area contributed by atoms with E-state index in [-0.39, 0.29) is 5.92 Å². The van der Waals surface area contributed by atoms with Crippen molar-refractivity contribution < 1.29 is 0 Å². The molecule has 0 radical (unpaired) electrons. The average Bonchev–Trinajstić information content (AvgIpc) is 3.50. The molecule has 0 amide bonds. The van der Waals surface area contributed by atoms with Crippen LogP contribution in [-0.2, 0) is 0 Å². The zero-order valence-electron chi connectivity index (χ0n) is 26.7. The van der Waals surface area contributed by atoms with Crippen molar-refractivity contribution in [3.63, 3.8) is 0 Å². The molecular weight excluding hydrogens is 589 g/mol. The van der Waals surface area contributed by atoms with E-state index in [1.165, 1.54) is 114 Å². The Kier molecular flexibility index (Phi) is 4.85. The van der Waals surface area contributed by atoms with Gasteiger partial charge in [0.25, 0.3) is 0 Å². The van der Waals surface area contributed by atoms with Gasteiger partial charge in [0, 0.05) is 5.92 Å². The Morgan fingerprint density at radius 1 is 0.245 bits per heavy atom. The topological polar surface area (TPSA) is 0 Å². The molecule has 49 heavy (non-hydrogen) atoms. The second kappa shape index (κ2) is 9.22. The molecule has 11 aromatic carbocycles. The van der Waals surface area contributed by atoms with Gasteiger partial charge >= 0.3 is 0 Å². The van der Waals surface area contributed by atoms with Crippen LogP contribution in [0.4, 0.5) is 0 Å². The summed E-state index contributed by atoms with van der Waals surface area (Å²) in [6, 6.07) is 62.0. The smallest absolute Gasteiger partial charge is 0.0364 e. The van der Waals surface area contributed by atoms with Crippen molar-refractivity contribution in [2.45, 2.75) is 5.92 Å². The van der Waals surface area contributed by atoms with Crippen molar-refractivity contribution in [2.24, 2.45) is 0 Å². The molecule has 0 saturated carbocycles. The van der Waals surface area contributed by atoms with Crippen molar-refractivity contribution in [1.29, 1.82) is 0 Å². The average molecular weight is 617 g/mol. The summed E-state index contributed by atoms with van der Waals surface area (Å²) in [6.45, 7) is 0. The first kappa shape index (κ1) is 25.8. The first-order valence-electron chi connectivity index (χ1n) is 17.3. The molecule has 0 N–H and O–H groups in total. The van der Waals surface area contributed by atoms with Gasteiger partial charge < -0.3 is 0 Å². The second-order valence-corrected chi connectivity index (χ2v) is 13.9. The third-order valence-electron chi connectivity index (χ3n) is 11.6. The highest BCUT2D eigenvalue weighted by atomic mass is 14.4. The highest BCUT2D eigenvalue weighted by molar-refractivity contribution is 6.33. The van der Waals surface area contributed by atoms with E-state index in [0.29, 0.717) is 0 Å². The standard InChI is InChI=1S/C49H28/c1-2-13-34-32(12-1)35-16-6-17-36(33-24-22-31-21-20-29-8-3-9-30-23-25-41(33)46(31)44(29)30)48(35)49(34)43-27-26-42-38-15-5-11-28-10-4-14-37(45(28)38)39-18-7-19-40(43)47(39)42/h1-27,49H. The third-order valence-corrected chi connectivity index (χ3v) is 11.6. The second-order valence-electron chi connectivity index (χ2n) is 13.9. The van der Waals surface area contributed by atoms with E-state index >= 15 is 0 Å². The molecule has 1 unspecified atom stereocenters. The molecule has 0 heteroatoms. The van der Waals surface area contributed by atoms with E-state index in [9.17, 15) is 0 Å². The fraction of sp³-hybridized carbons (Fsp3) is 0.0204. The van der Waals surface area contributed by atoms with E-state index in [1.54, 1.807) is 0 Å². The van der Waals surface area contributed by atoms with Gasteiger partial charge in [-0.1, -0.05) is 164 Å². The first-order valence-corrected chi connectivity index (χ1v) is 17.3. The minimum absolute atomic E-state index is 0.109. The number of hydrogen-bond acceptors (Lipinski definition) is 0. The van der Waals surface area contributed by atoms with E-state index in [4.69, 9.17) is 0 Å². The summed E-state index contributed by atoms with van der Waals surface area (Å²) in [6.07, 6.45) is 0. The maximum Gasteiger partial charge on any atom is 0.0364 e. The molecule has 0 spiro atoms. The molecule has 12 rings (SSSR count). The maximum atomic E-state index is 2.44. The summed E-state index contributed by atoms with van der Waals surface area (Å²) in [7, 11) is 0. The number of benzene rings is 11. The van der Waals surface area contributed by atoms with Crippen molar-refractivity contribution in [1.82, 2.24) is 0 Å². The molecule has 0 saturated heterocycles. The minimum Gasteiger partial charge on any atom is -0.0619 e. The maximum absolute atomic E-state index is 2.44. The van der Waals surface area contributed by atoms with Crippen molar-refractivity contribution in [3.05, 3.63) is 180 Å². The summed E-state index contributed by atoms with van der Waals surface area (Å²) < 4.78 is 0. The molecule has 0 bridgehead atoms. The van der Waals surface area contributed by atoms with Crippen LogP contribution in [0.15, 0.2) is 164 Å². The lowest BCUT2D eigenvalue weighted by Crippen LogP contribution is -2.03. The third kappa shape index (κ3) is 3.24.